The van der Waals surface area contributed by atoms with E-state index in [1.807, 2.05) is 24.3 Å². The van der Waals surface area contributed by atoms with E-state index in [2.05, 4.69) is 15.8 Å². The summed E-state index contributed by atoms with van der Waals surface area (Å²) < 4.78 is 5.15. The molecule has 1 fully saturated rings. The molecule has 0 atom stereocenters. The molecule has 0 saturated heterocycles. The Hall–Kier alpha value is -2.04. The third-order valence-electron chi connectivity index (χ3n) is 3.79. The molecular weight excluding hydrogens is 278 g/mol. The number of hydrazone groups is 1. The van der Waals surface area contributed by atoms with Crippen LogP contribution in [0.5, 0.6) is 5.75 Å². The van der Waals surface area contributed by atoms with Crippen LogP contribution < -0.4 is 15.5 Å². The molecule has 0 aliphatic heterocycles. The van der Waals surface area contributed by atoms with Crippen LogP contribution in [0, 0.1) is 0 Å². The normalized spacial score (nSPS) is 15.4. The summed E-state index contributed by atoms with van der Waals surface area (Å²) in [4.78, 5) is 11.9. The Kier molecular flexibility index (Phi) is 6.74. The summed E-state index contributed by atoms with van der Waals surface area (Å²) in [5, 5.41) is 7.35. The molecule has 1 aromatic rings. The number of hydrogen-bond acceptors (Lipinski definition) is 4. The molecular formula is C17H25N3O2. The molecule has 1 saturated carbocycles. The summed E-state index contributed by atoms with van der Waals surface area (Å²) >= 11 is 0. The van der Waals surface area contributed by atoms with Crippen molar-refractivity contribution in [3.05, 3.63) is 24.3 Å². The number of benzene rings is 1. The van der Waals surface area contributed by atoms with Crippen LogP contribution in [0.2, 0.25) is 0 Å². The first-order chi connectivity index (χ1) is 10.8. The van der Waals surface area contributed by atoms with Crippen molar-refractivity contribution in [2.24, 2.45) is 5.10 Å². The quantitative estimate of drug-likeness (QED) is 0.820. The number of nitrogens with zero attached hydrogens (tertiary/aromatic N) is 1. The van der Waals surface area contributed by atoms with E-state index in [4.69, 9.17) is 4.74 Å². The van der Waals surface area contributed by atoms with Crippen molar-refractivity contribution < 1.29 is 9.53 Å². The van der Waals surface area contributed by atoms with Gasteiger partial charge in [-0.15, -0.1) is 0 Å². The molecule has 0 bridgehead atoms. The molecule has 1 aliphatic rings. The molecule has 0 aromatic heterocycles. The maximum absolute atomic E-state index is 11.9. The van der Waals surface area contributed by atoms with Gasteiger partial charge in [0.15, 0.2) is 0 Å². The van der Waals surface area contributed by atoms with E-state index in [1.165, 1.54) is 32.1 Å². The fourth-order valence-electron chi connectivity index (χ4n) is 2.52. The fourth-order valence-corrected chi connectivity index (χ4v) is 2.52. The minimum absolute atomic E-state index is 0.127. The van der Waals surface area contributed by atoms with Gasteiger partial charge in [-0.05, 0) is 37.8 Å². The van der Waals surface area contributed by atoms with Crippen molar-refractivity contribution in [3.8, 4) is 5.75 Å². The topological polar surface area (TPSA) is 62.7 Å². The molecule has 0 unspecified atom stereocenters. The smallest absolute Gasteiger partial charge is 0.259 e. The summed E-state index contributed by atoms with van der Waals surface area (Å²) in [6.07, 6.45) is 8.22. The lowest BCUT2D eigenvalue weighted by molar-refractivity contribution is -0.119. The number of methoxy groups -OCH3 is 1. The highest BCUT2D eigenvalue weighted by atomic mass is 16.5. The van der Waals surface area contributed by atoms with Gasteiger partial charge in [-0.1, -0.05) is 25.3 Å². The van der Waals surface area contributed by atoms with Crippen molar-refractivity contribution in [2.45, 2.75) is 44.9 Å². The maximum Gasteiger partial charge on any atom is 0.259 e. The molecule has 0 radical (unpaired) electrons. The van der Waals surface area contributed by atoms with Crippen LogP contribution in [0.3, 0.4) is 0 Å². The zero-order valence-electron chi connectivity index (χ0n) is 13.2. The van der Waals surface area contributed by atoms with Crippen molar-refractivity contribution in [1.82, 2.24) is 5.43 Å². The van der Waals surface area contributed by atoms with Crippen LogP contribution in [-0.4, -0.2) is 25.3 Å². The van der Waals surface area contributed by atoms with Crippen LogP contribution in [-0.2, 0) is 4.79 Å². The number of ether oxygens (including phenoxy) is 1. The lowest BCUT2D eigenvalue weighted by Crippen LogP contribution is -2.27. The van der Waals surface area contributed by atoms with E-state index in [1.54, 1.807) is 7.11 Å². The summed E-state index contributed by atoms with van der Waals surface area (Å²) in [7, 11) is 1.62. The van der Waals surface area contributed by atoms with Gasteiger partial charge in [0.05, 0.1) is 13.7 Å². The van der Waals surface area contributed by atoms with Crippen molar-refractivity contribution in [1.29, 1.82) is 0 Å². The zero-order valence-corrected chi connectivity index (χ0v) is 13.2. The molecule has 0 heterocycles. The van der Waals surface area contributed by atoms with E-state index in [0.717, 1.165) is 30.0 Å². The average molecular weight is 303 g/mol. The second-order valence-electron chi connectivity index (χ2n) is 5.57. The highest BCUT2D eigenvalue weighted by Crippen LogP contribution is 2.16. The predicted molar refractivity (Wildman–Crippen MR) is 89.4 cm³/mol. The van der Waals surface area contributed by atoms with Crippen molar-refractivity contribution in [2.75, 3.05) is 19.0 Å². The SMILES string of the molecule is COc1cccc(NCC(=O)NN=C2CCCCCCC2)c1. The lowest BCUT2D eigenvalue weighted by Gasteiger charge is -2.11. The zero-order chi connectivity index (χ0) is 15.6. The number of hydrogen-bond donors (Lipinski definition) is 2. The first kappa shape index (κ1) is 16.3. The van der Waals surface area contributed by atoms with E-state index < -0.39 is 0 Å². The van der Waals surface area contributed by atoms with Gasteiger partial charge in [0.25, 0.3) is 5.91 Å². The minimum Gasteiger partial charge on any atom is -0.497 e. The average Bonchev–Trinajstić information content (AvgIpc) is 2.52. The third kappa shape index (κ3) is 5.76. The Balaban J connectivity index is 1.77. The fraction of sp³-hybridized carbons (Fsp3) is 0.529. The number of amides is 1. The number of carbonyl (C=O) groups is 1. The summed E-state index contributed by atoms with van der Waals surface area (Å²) in [5.41, 5.74) is 4.63. The Morgan fingerprint density at radius 1 is 1.18 bits per heavy atom. The monoisotopic (exact) mass is 303 g/mol. The lowest BCUT2D eigenvalue weighted by atomic mass is 9.99. The van der Waals surface area contributed by atoms with Crippen molar-refractivity contribution in [3.63, 3.8) is 0 Å². The molecule has 22 heavy (non-hydrogen) atoms. The molecule has 1 aromatic carbocycles. The predicted octanol–water partition coefficient (Wildman–Crippen LogP) is 3.32. The Bertz CT molecular complexity index is 504. The molecule has 120 valence electrons. The molecule has 5 heteroatoms. The Morgan fingerprint density at radius 3 is 2.64 bits per heavy atom. The number of anilines is 1. The van der Waals surface area contributed by atoms with E-state index in [9.17, 15) is 4.79 Å². The number of carbonyl (C=O) groups excluding carboxylic acids is 1. The van der Waals surface area contributed by atoms with Crippen LogP contribution in [0.4, 0.5) is 5.69 Å². The second-order valence-corrected chi connectivity index (χ2v) is 5.57. The molecule has 0 spiro atoms. The summed E-state index contributed by atoms with van der Waals surface area (Å²) in [6, 6.07) is 7.50. The van der Waals surface area contributed by atoms with E-state index in [0.29, 0.717) is 0 Å². The van der Waals surface area contributed by atoms with Crippen LogP contribution in [0.1, 0.15) is 44.9 Å². The molecule has 1 aliphatic carbocycles. The van der Waals surface area contributed by atoms with E-state index in [-0.39, 0.29) is 12.5 Å². The van der Waals surface area contributed by atoms with Gasteiger partial charge >= 0.3 is 0 Å². The first-order valence-corrected chi connectivity index (χ1v) is 8.00. The van der Waals surface area contributed by atoms with Gasteiger partial charge < -0.3 is 10.1 Å². The van der Waals surface area contributed by atoms with Gasteiger partial charge in [-0.25, -0.2) is 5.43 Å². The number of nitrogens with one attached hydrogen (secondary N) is 2. The van der Waals surface area contributed by atoms with E-state index >= 15 is 0 Å². The highest BCUT2D eigenvalue weighted by molar-refractivity contribution is 5.87. The first-order valence-electron chi connectivity index (χ1n) is 8.00. The van der Waals surface area contributed by atoms with Crippen LogP contribution in [0.25, 0.3) is 0 Å². The number of rotatable bonds is 5. The van der Waals surface area contributed by atoms with Gasteiger partial charge in [0, 0.05) is 17.5 Å². The van der Waals surface area contributed by atoms with Crippen molar-refractivity contribution >= 4 is 17.3 Å². The largest absolute Gasteiger partial charge is 0.497 e. The molecule has 1 amide bonds. The van der Waals surface area contributed by atoms with Crippen LogP contribution in [0.15, 0.2) is 29.4 Å². The Morgan fingerprint density at radius 2 is 1.91 bits per heavy atom. The van der Waals surface area contributed by atoms with Gasteiger partial charge in [-0.2, -0.15) is 5.10 Å². The third-order valence-corrected chi connectivity index (χ3v) is 3.79. The van der Waals surface area contributed by atoms with Crippen LogP contribution >= 0.6 is 0 Å². The molecule has 2 N–H and O–H groups in total. The molecule has 5 nitrogen and oxygen atoms in total. The minimum atomic E-state index is -0.127. The maximum atomic E-state index is 11.9. The van der Waals surface area contributed by atoms with Gasteiger partial charge in [-0.3, -0.25) is 4.79 Å². The highest BCUT2D eigenvalue weighted by Gasteiger charge is 2.06. The standard InChI is InChI=1S/C17H25N3O2/c1-22-16-11-7-10-15(12-16)18-13-17(21)20-19-14-8-5-3-2-4-6-9-14/h7,10-12,18H,2-6,8-9,13H2,1H3,(H,20,21). The summed E-state index contributed by atoms with van der Waals surface area (Å²) in [6.45, 7) is 0.198. The van der Waals surface area contributed by atoms with Gasteiger partial charge in [0.1, 0.15) is 5.75 Å². The summed E-state index contributed by atoms with van der Waals surface area (Å²) in [5.74, 6) is 0.637. The molecule has 2 rings (SSSR count). The van der Waals surface area contributed by atoms with Gasteiger partial charge in [0.2, 0.25) is 0 Å². The second kappa shape index (κ2) is 9.07. The Labute approximate surface area is 132 Å².